The largest absolute Gasteiger partial charge is 0.458 e. The van der Waals surface area contributed by atoms with Gasteiger partial charge in [-0.3, -0.25) is 4.79 Å². The molecule has 2 aliphatic rings. The van der Waals surface area contributed by atoms with Gasteiger partial charge in [0.2, 0.25) is 0 Å². The van der Waals surface area contributed by atoms with E-state index in [-0.39, 0.29) is 18.0 Å². The van der Waals surface area contributed by atoms with E-state index in [1.54, 1.807) is 0 Å². The summed E-state index contributed by atoms with van der Waals surface area (Å²) in [7, 11) is 0. The molecule has 1 aliphatic heterocycles. The molecule has 1 aliphatic carbocycles. The summed E-state index contributed by atoms with van der Waals surface area (Å²) < 4.78 is 10.9. The Labute approximate surface area is 106 Å². The van der Waals surface area contributed by atoms with Crippen LogP contribution in [0.25, 0.3) is 0 Å². The summed E-state index contributed by atoms with van der Waals surface area (Å²) in [5, 5.41) is 0. The Morgan fingerprint density at radius 3 is 2.89 bits per heavy atom. The Morgan fingerprint density at radius 2 is 2.06 bits per heavy atom. The summed E-state index contributed by atoms with van der Waals surface area (Å²) in [6, 6.07) is 10.1. The van der Waals surface area contributed by atoms with Crippen LogP contribution in [0.5, 0.6) is 0 Å². The molecular formula is C15H16O3. The number of fused-ring (bicyclic) bond motifs is 1. The highest BCUT2D eigenvalue weighted by molar-refractivity contribution is 5.73. The monoisotopic (exact) mass is 244 g/mol. The lowest BCUT2D eigenvalue weighted by molar-refractivity contribution is -0.140. The fourth-order valence-electron chi connectivity index (χ4n) is 2.63. The van der Waals surface area contributed by atoms with Crippen molar-refractivity contribution in [2.24, 2.45) is 11.8 Å². The summed E-state index contributed by atoms with van der Waals surface area (Å²) in [4.78, 5) is 11.2. The number of hydrogen-bond acceptors (Lipinski definition) is 3. The molecule has 3 nitrogen and oxygen atoms in total. The van der Waals surface area contributed by atoms with Gasteiger partial charge in [0.25, 0.3) is 0 Å². The SMILES string of the molecule is O=C1C[C@H]2[C@H](C=C[C@H]2COCc2ccccc2)O1. The summed E-state index contributed by atoms with van der Waals surface area (Å²) in [5.41, 5.74) is 1.18. The summed E-state index contributed by atoms with van der Waals surface area (Å²) in [6.07, 6.45) is 4.62. The first-order valence-corrected chi connectivity index (χ1v) is 6.32. The predicted octanol–water partition coefficient (Wildman–Crippen LogP) is 2.32. The number of hydrogen-bond donors (Lipinski definition) is 0. The maximum Gasteiger partial charge on any atom is 0.306 e. The summed E-state index contributed by atoms with van der Waals surface area (Å²) in [5.74, 6) is 0.515. The van der Waals surface area contributed by atoms with Crippen molar-refractivity contribution in [2.75, 3.05) is 6.61 Å². The van der Waals surface area contributed by atoms with Crippen molar-refractivity contribution >= 4 is 5.97 Å². The van der Waals surface area contributed by atoms with Gasteiger partial charge in [-0.15, -0.1) is 0 Å². The van der Waals surface area contributed by atoms with Gasteiger partial charge in [0.1, 0.15) is 6.10 Å². The molecule has 0 amide bonds. The van der Waals surface area contributed by atoms with E-state index in [4.69, 9.17) is 9.47 Å². The fraction of sp³-hybridized carbons (Fsp3) is 0.400. The number of ether oxygens (including phenoxy) is 2. The number of carbonyl (C=O) groups excluding carboxylic acids is 1. The molecular weight excluding hydrogens is 228 g/mol. The maximum absolute atomic E-state index is 11.2. The van der Waals surface area contributed by atoms with E-state index in [2.05, 4.69) is 18.2 Å². The zero-order chi connectivity index (χ0) is 12.4. The van der Waals surface area contributed by atoms with Crippen LogP contribution in [0.15, 0.2) is 42.5 Å². The van der Waals surface area contributed by atoms with Crippen molar-refractivity contribution in [1.29, 1.82) is 0 Å². The summed E-state index contributed by atoms with van der Waals surface area (Å²) >= 11 is 0. The molecule has 0 radical (unpaired) electrons. The highest BCUT2D eigenvalue weighted by Gasteiger charge is 2.41. The van der Waals surface area contributed by atoms with E-state index >= 15 is 0 Å². The van der Waals surface area contributed by atoms with E-state index in [9.17, 15) is 4.79 Å². The predicted molar refractivity (Wildman–Crippen MR) is 66.7 cm³/mol. The van der Waals surface area contributed by atoms with E-state index in [1.807, 2.05) is 24.3 Å². The molecule has 1 fully saturated rings. The zero-order valence-electron chi connectivity index (χ0n) is 10.1. The number of rotatable bonds is 4. The third-order valence-electron chi connectivity index (χ3n) is 3.61. The molecule has 94 valence electrons. The molecule has 18 heavy (non-hydrogen) atoms. The second kappa shape index (κ2) is 4.94. The van der Waals surface area contributed by atoms with Crippen LogP contribution in [0, 0.1) is 11.8 Å². The van der Waals surface area contributed by atoms with Crippen LogP contribution in [0.2, 0.25) is 0 Å². The fourth-order valence-corrected chi connectivity index (χ4v) is 2.63. The topological polar surface area (TPSA) is 35.5 Å². The highest BCUT2D eigenvalue weighted by Crippen LogP contribution is 2.36. The van der Waals surface area contributed by atoms with Crippen LogP contribution in [0.1, 0.15) is 12.0 Å². The number of benzene rings is 1. The molecule has 1 heterocycles. The minimum Gasteiger partial charge on any atom is -0.458 e. The molecule has 0 bridgehead atoms. The third kappa shape index (κ3) is 2.31. The van der Waals surface area contributed by atoms with Gasteiger partial charge in [0.05, 0.1) is 19.6 Å². The van der Waals surface area contributed by atoms with Gasteiger partial charge in [0.15, 0.2) is 0 Å². The molecule has 0 saturated carbocycles. The van der Waals surface area contributed by atoms with Crippen molar-refractivity contribution in [2.45, 2.75) is 19.1 Å². The van der Waals surface area contributed by atoms with Crippen LogP contribution in [-0.4, -0.2) is 18.7 Å². The third-order valence-corrected chi connectivity index (χ3v) is 3.61. The van der Waals surface area contributed by atoms with Gasteiger partial charge in [0, 0.05) is 11.8 Å². The smallest absolute Gasteiger partial charge is 0.306 e. The average molecular weight is 244 g/mol. The van der Waals surface area contributed by atoms with Crippen molar-refractivity contribution in [3.8, 4) is 0 Å². The molecule has 3 heteroatoms. The van der Waals surface area contributed by atoms with Gasteiger partial charge in [-0.1, -0.05) is 36.4 Å². The quantitative estimate of drug-likeness (QED) is 0.602. The van der Waals surface area contributed by atoms with Gasteiger partial charge in [-0.25, -0.2) is 0 Å². The lowest BCUT2D eigenvalue weighted by Crippen LogP contribution is -2.19. The van der Waals surface area contributed by atoms with Crippen molar-refractivity contribution in [3.05, 3.63) is 48.0 Å². The maximum atomic E-state index is 11.2. The molecule has 3 atom stereocenters. The highest BCUT2D eigenvalue weighted by atomic mass is 16.6. The first-order chi connectivity index (χ1) is 8.83. The van der Waals surface area contributed by atoms with Crippen molar-refractivity contribution in [3.63, 3.8) is 0 Å². The van der Waals surface area contributed by atoms with Gasteiger partial charge in [-0.2, -0.15) is 0 Å². The van der Waals surface area contributed by atoms with Gasteiger partial charge < -0.3 is 9.47 Å². The Hall–Kier alpha value is -1.61. The normalized spacial score (nSPS) is 29.3. The molecule has 0 spiro atoms. The molecule has 0 aromatic heterocycles. The van der Waals surface area contributed by atoms with Crippen LogP contribution >= 0.6 is 0 Å². The van der Waals surface area contributed by atoms with Crippen molar-refractivity contribution < 1.29 is 14.3 Å². The molecule has 0 N–H and O–H groups in total. The van der Waals surface area contributed by atoms with Crippen LogP contribution in [0.4, 0.5) is 0 Å². The second-order valence-electron chi connectivity index (χ2n) is 4.87. The van der Waals surface area contributed by atoms with Crippen molar-refractivity contribution in [1.82, 2.24) is 0 Å². The Balaban J connectivity index is 1.50. The Bertz CT molecular complexity index is 452. The number of carbonyl (C=O) groups is 1. The first kappa shape index (κ1) is 11.5. The van der Waals surface area contributed by atoms with Crippen LogP contribution in [0.3, 0.4) is 0 Å². The lowest BCUT2D eigenvalue weighted by Gasteiger charge is -2.16. The molecule has 0 unspecified atom stereocenters. The van der Waals surface area contributed by atoms with E-state index < -0.39 is 0 Å². The van der Waals surface area contributed by atoms with Crippen LogP contribution < -0.4 is 0 Å². The number of esters is 1. The standard InChI is InChI=1S/C15H16O3/c16-15-8-13-12(6-7-14(13)18-15)10-17-9-11-4-2-1-3-5-11/h1-7,12-14H,8-10H2/t12-,13+,14-/m0/s1. The second-order valence-corrected chi connectivity index (χ2v) is 4.87. The molecule has 3 rings (SSSR count). The molecule has 1 aromatic carbocycles. The van der Waals surface area contributed by atoms with E-state index in [1.165, 1.54) is 5.56 Å². The molecule has 1 aromatic rings. The zero-order valence-corrected chi connectivity index (χ0v) is 10.1. The average Bonchev–Trinajstić information content (AvgIpc) is 2.91. The lowest BCUT2D eigenvalue weighted by atomic mass is 9.93. The minimum atomic E-state index is -0.0811. The van der Waals surface area contributed by atoms with Gasteiger partial charge >= 0.3 is 5.97 Å². The van der Waals surface area contributed by atoms with E-state index in [0.29, 0.717) is 25.6 Å². The Morgan fingerprint density at radius 1 is 1.22 bits per heavy atom. The molecule has 1 saturated heterocycles. The minimum absolute atomic E-state index is 0.0113. The summed E-state index contributed by atoms with van der Waals surface area (Å²) in [6.45, 7) is 1.28. The van der Waals surface area contributed by atoms with Gasteiger partial charge in [-0.05, 0) is 11.6 Å². The van der Waals surface area contributed by atoms with Crippen LogP contribution in [-0.2, 0) is 20.9 Å². The first-order valence-electron chi connectivity index (χ1n) is 6.32. The van der Waals surface area contributed by atoms with E-state index in [0.717, 1.165) is 0 Å². The Kier molecular flexibility index (Phi) is 3.15.